The van der Waals surface area contributed by atoms with E-state index in [0.717, 1.165) is 45.1 Å². The summed E-state index contributed by atoms with van der Waals surface area (Å²) in [6, 6.07) is 1.60. The van der Waals surface area contributed by atoms with Gasteiger partial charge in [-0.25, -0.2) is 13.2 Å². The maximum Gasteiger partial charge on any atom is 0.161 e. The molecule has 120 valence electrons. The Hall–Kier alpha value is -0.780. The van der Waals surface area contributed by atoms with Gasteiger partial charge < -0.3 is 5.32 Å². The van der Waals surface area contributed by atoms with Gasteiger partial charge in [0.15, 0.2) is 11.6 Å². The second kappa shape index (κ2) is 8.61. The number of halogens is 4. The van der Waals surface area contributed by atoms with Gasteiger partial charge in [-0.2, -0.15) is 0 Å². The third-order valence-corrected chi connectivity index (χ3v) is 3.87. The summed E-state index contributed by atoms with van der Waals surface area (Å²) in [4.78, 5) is 2.10. The van der Waals surface area contributed by atoms with Crippen LogP contribution in [0.2, 0.25) is 0 Å². The molecule has 1 aromatic carbocycles. The number of rotatable bonds is 5. The maximum atomic E-state index is 13.6. The Morgan fingerprint density at radius 3 is 2.33 bits per heavy atom. The highest BCUT2D eigenvalue weighted by atomic mass is 35.5. The summed E-state index contributed by atoms with van der Waals surface area (Å²) in [7, 11) is 0. The van der Waals surface area contributed by atoms with Crippen molar-refractivity contribution in [2.45, 2.75) is 26.3 Å². The van der Waals surface area contributed by atoms with Crippen LogP contribution in [-0.2, 0) is 6.54 Å². The van der Waals surface area contributed by atoms with Crippen LogP contribution in [-0.4, -0.2) is 31.1 Å². The SMILES string of the molecule is CCNCC1CCN(Cc2cc(F)c(F)cc2F)CC1.Cl. The predicted molar refractivity (Wildman–Crippen MR) is 80.1 cm³/mol. The molecule has 0 atom stereocenters. The van der Waals surface area contributed by atoms with Crippen molar-refractivity contribution < 1.29 is 13.2 Å². The number of piperidine rings is 1. The van der Waals surface area contributed by atoms with Crippen LogP contribution in [0.4, 0.5) is 13.2 Å². The van der Waals surface area contributed by atoms with Crippen molar-refractivity contribution in [3.05, 3.63) is 35.1 Å². The molecular weight excluding hydrogens is 301 g/mol. The van der Waals surface area contributed by atoms with Crippen LogP contribution in [0.5, 0.6) is 0 Å². The van der Waals surface area contributed by atoms with Crippen molar-refractivity contribution >= 4 is 12.4 Å². The number of nitrogens with zero attached hydrogens (tertiary/aromatic N) is 1. The zero-order valence-corrected chi connectivity index (χ0v) is 13.0. The van der Waals surface area contributed by atoms with E-state index in [0.29, 0.717) is 18.5 Å². The molecule has 2 rings (SSSR count). The Morgan fingerprint density at radius 1 is 1.10 bits per heavy atom. The van der Waals surface area contributed by atoms with Gasteiger partial charge in [0.05, 0.1) is 0 Å². The molecule has 0 amide bonds. The third kappa shape index (κ3) is 5.16. The fraction of sp³-hybridized carbons (Fsp3) is 0.600. The van der Waals surface area contributed by atoms with Crippen molar-refractivity contribution in [3.8, 4) is 0 Å². The Balaban J connectivity index is 0.00000220. The van der Waals surface area contributed by atoms with Gasteiger partial charge >= 0.3 is 0 Å². The van der Waals surface area contributed by atoms with Crippen LogP contribution in [0.3, 0.4) is 0 Å². The van der Waals surface area contributed by atoms with Gasteiger partial charge in [0.2, 0.25) is 0 Å². The Kier molecular flexibility index (Phi) is 7.49. The molecule has 0 spiro atoms. The fourth-order valence-electron chi connectivity index (χ4n) is 2.62. The van der Waals surface area contributed by atoms with Gasteiger partial charge in [0.25, 0.3) is 0 Å². The minimum Gasteiger partial charge on any atom is -0.317 e. The fourth-order valence-corrected chi connectivity index (χ4v) is 2.62. The Labute approximate surface area is 130 Å². The van der Waals surface area contributed by atoms with Crippen LogP contribution in [0.1, 0.15) is 25.3 Å². The van der Waals surface area contributed by atoms with E-state index in [1.165, 1.54) is 0 Å². The van der Waals surface area contributed by atoms with E-state index in [4.69, 9.17) is 0 Å². The monoisotopic (exact) mass is 322 g/mol. The van der Waals surface area contributed by atoms with Crippen LogP contribution < -0.4 is 5.32 Å². The summed E-state index contributed by atoms with van der Waals surface area (Å²) in [5, 5.41) is 3.34. The molecule has 0 aliphatic carbocycles. The largest absolute Gasteiger partial charge is 0.317 e. The summed E-state index contributed by atoms with van der Waals surface area (Å²) in [5.41, 5.74) is 0.231. The minimum absolute atomic E-state index is 0. The van der Waals surface area contributed by atoms with Crippen molar-refractivity contribution in [3.63, 3.8) is 0 Å². The van der Waals surface area contributed by atoms with Crippen LogP contribution in [0.15, 0.2) is 12.1 Å². The van der Waals surface area contributed by atoms with Gasteiger partial charge in [0, 0.05) is 18.2 Å². The lowest BCUT2D eigenvalue weighted by atomic mass is 9.96. The molecule has 0 bridgehead atoms. The molecule has 21 heavy (non-hydrogen) atoms. The van der Waals surface area contributed by atoms with Gasteiger partial charge in [0.1, 0.15) is 5.82 Å². The van der Waals surface area contributed by atoms with Crippen molar-refractivity contribution in [1.29, 1.82) is 0 Å². The van der Waals surface area contributed by atoms with Crippen LogP contribution >= 0.6 is 12.4 Å². The normalized spacial score (nSPS) is 16.8. The Morgan fingerprint density at radius 2 is 1.71 bits per heavy atom. The zero-order chi connectivity index (χ0) is 14.5. The average molecular weight is 323 g/mol. The first-order valence-corrected chi connectivity index (χ1v) is 7.16. The van der Waals surface area contributed by atoms with E-state index in [2.05, 4.69) is 17.1 Å². The molecule has 0 radical (unpaired) electrons. The zero-order valence-electron chi connectivity index (χ0n) is 12.2. The lowest BCUT2D eigenvalue weighted by Gasteiger charge is -2.32. The van der Waals surface area contributed by atoms with E-state index in [-0.39, 0.29) is 18.0 Å². The first kappa shape index (κ1) is 18.3. The number of hydrogen-bond acceptors (Lipinski definition) is 2. The Bertz CT molecular complexity index is 449. The minimum atomic E-state index is -1.13. The molecule has 0 saturated carbocycles. The number of nitrogens with one attached hydrogen (secondary N) is 1. The van der Waals surface area contributed by atoms with E-state index < -0.39 is 17.5 Å². The standard InChI is InChI=1S/C15H21F3N2.ClH/c1-2-19-9-11-3-5-20(6-4-11)10-12-7-14(17)15(18)8-13(12)16;/h7-8,11,19H,2-6,9-10H2,1H3;1H. The molecule has 1 N–H and O–H groups in total. The predicted octanol–water partition coefficient (Wildman–Crippen LogP) is 3.35. The molecule has 1 aliphatic heterocycles. The number of likely N-dealkylation sites (tertiary alicyclic amines) is 1. The van der Waals surface area contributed by atoms with Gasteiger partial charge in [-0.1, -0.05) is 6.92 Å². The van der Waals surface area contributed by atoms with E-state index in [1.807, 2.05) is 0 Å². The summed E-state index contributed by atoms with van der Waals surface area (Å²) in [6.07, 6.45) is 2.11. The van der Waals surface area contributed by atoms with Gasteiger partial charge in [-0.05, 0) is 51.0 Å². The van der Waals surface area contributed by atoms with Gasteiger partial charge in [-0.15, -0.1) is 12.4 Å². The van der Waals surface area contributed by atoms with Crippen LogP contribution in [0.25, 0.3) is 0 Å². The quantitative estimate of drug-likeness (QED) is 0.836. The number of benzene rings is 1. The molecule has 1 heterocycles. The molecule has 0 aromatic heterocycles. The highest BCUT2D eigenvalue weighted by Gasteiger charge is 2.20. The number of hydrogen-bond donors (Lipinski definition) is 1. The van der Waals surface area contributed by atoms with E-state index in [1.54, 1.807) is 0 Å². The smallest absolute Gasteiger partial charge is 0.161 e. The van der Waals surface area contributed by atoms with E-state index >= 15 is 0 Å². The molecule has 2 nitrogen and oxygen atoms in total. The topological polar surface area (TPSA) is 15.3 Å². The van der Waals surface area contributed by atoms with Gasteiger partial charge in [-0.3, -0.25) is 4.90 Å². The molecule has 0 unspecified atom stereocenters. The summed E-state index contributed by atoms with van der Waals surface area (Å²) in [5.74, 6) is -2.13. The highest BCUT2D eigenvalue weighted by molar-refractivity contribution is 5.85. The lowest BCUT2D eigenvalue weighted by molar-refractivity contribution is 0.174. The highest BCUT2D eigenvalue weighted by Crippen LogP contribution is 2.21. The lowest BCUT2D eigenvalue weighted by Crippen LogP contribution is -2.37. The van der Waals surface area contributed by atoms with Crippen molar-refractivity contribution in [2.24, 2.45) is 5.92 Å². The molecular formula is C15H22ClF3N2. The van der Waals surface area contributed by atoms with Crippen molar-refractivity contribution in [2.75, 3.05) is 26.2 Å². The maximum absolute atomic E-state index is 13.6. The first-order chi connectivity index (χ1) is 9.60. The molecule has 1 aromatic rings. The molecule has 1 aliphatic rings. The summed E-state index contributed by atoms with van der Waals surface area (Å²) >= 11 is 0. The average Bonchev–Trinajstić information content (AvgIpc) is 2.44. The molecule has 1 fully saturated rings. The summed E-state index contributed by atoms with van der Waals surface area (Å²) < 4.78 is 39.6. The van der Waals surface area contributed by atoms with E-state index in [9.17, 15) is 13.2 Å². The first-order valence-electron chi connectivity index (χ1n) is 7.16. The van der Waals surface area contributed by atoms with Crippen molar-refractivity contribution in [1.82, 2.24) is 10.2 Å². The van der Waals surface area contributed by atoms with Crippen LogP contribution in [0, 0.1) is 23.4 Å². The molecule has 1 saturated heterocycles. The summed E-state index contributed by atoms with van der Waals surface area (Å²) in [6.45, 7) is 6.16. The second-order valence-electron chi connectivity index (χ2n) is 5.38. The second-order valence-corrected chi connectivity index (χ2v) is 5.38. The third-order valence-electron chi connectivity index (χ3n) is 3.87. The molecule has 6 heteroatoms.